The van der Waals surface area contributed by atoms with Crippen molar-refractivity contribution in [2.24, 2.45) is 11.1 Å². The fourth-order valence-electron chi connectivity index (χ4n) is 1.82. The topological polar surface area (TPSA) is 92.4 Å². The second-order valence-corrected chi connectivity index (χ2v) is 4.76. The monoisotopic (exact) mass is 258 g/mol. The number of hydrogen-bond donors (Lipinski definition) is 3. The third-order valence-electron chi connectivity index (χ3n) is 3.61. The van der Waals surface area contributed by atoms with Gasteiger partial charge in [-0.05, 0) is 19.3 Å². The molecule has 0 aliphatic heterocycles. The van der Waals surface area contributed by atoms with Crippen molar-refractivity contribution in [2.75, 3.05) is 6.54 Å². The van der Waals surface area contributed by atoms with Gasteiger partial charge in [-0.1, -0.05) is 33.6 Å². The zero-order valence-corrected chi connectivity index (χ0v) is 11.7. The van der Waals surface area contributed by atoms with Gasteiger partial charge in [-0.15, -0.1) is 0 Å². The molecule has 5 nitrogen and oxygen atoms in total. The standard InChI is InChI=1S/C13H26N2O3/c1-4-7-8-10(14)11(16)15-9-13(5-2,6-3)12(17)18/h10H,4-9,14H2,1-3H3,(H,15,16)(H,17,18)/t10-/m0/s1. The van der Waals surface area contributed by atoms with Crippen LogP contribution in [0.3, 0.4) is 0 Å². The lowest BCUT2D eigenvalue weighted by atomic mass is 9.82. The minimum atomic E-state index is -0.875. The summed E-state index contributed by atoms with van der Waals surface area (Å²) in [5, 5.41) is 11.9. The summed E-state index contributed by atoms with van der Waals surface area (Å²) in [6, 6.07) is -0.537. The Balaban J connectivity index is 4.36. The van der Waals surface area contributed by atoms with Crippen LogP contribution >= 0.6 is 0 Å². The van der Waals surface area contributed by atoms with Gasteiger partial charge in [-0.3, -0.25) is 9.59 Å². The van der Waals surface area contributed by atoms with E-state index in [4.69, 9.17) is 5.73 Å². The normalized spacial score (nSPS) is 13.1. The average Bonchev–Trinajstić information content (AvgIpc) is 2.36. The lowest BCUT2D eigenvalue weighted by Crippen LogP contribution is -2.47. The molecule has 0 saturated heterocycles. The van der Waals surface area contributed by atoms with Crippen LogP contribution in [0.5, 0.6) is 0 Å². The predicted octanol–water partition coefficient (Wildman–Crippen LogP) is 1.51. The number of rotatable bonds is 9. The number of aliphatic carboxylic acids is 1. The summed E-state index contributed by atoms with van der Waals surface area (Å²) < 4.78 is 0. The lowest BCUT2D eigenvalue weighted by molar-refractivity contribution is -0.149. The Kier molecular flexibility index (Phi) is 7.59. The number of carbonyl (C=O) groups is 2. The number of carbonyl (C=O) groups excluding carboxylic acids is 1. The maximum Gasteiger partial charge on any atom is 0.311 e. The number of nitrogens with one attached hydrogen (secondary N) is 1. The number of nitrogens with two attached hydrogens (primary N) is 1. The summed E-state index contributed by atoms with van der Waals surface area (Å²) in [4.78, 5) is 23.0. The molecule has 1 atom stereocenters. The van der Waals surface area contributed by atoms with Crippen molar-refractivity contribution in [3.63, 3.8) is 0 Å². The second-order valence-electron chi connectivity index (χ2n) is 4.76. The van der Waals surface area contributed by atoms with Crippen molar-refractivity contribution < 1.29 is 14.7 Å². The Morgan fingerprint density at radius 1 is 1.28 bits per heavy atom. The number of carboxylic acids is 1. The minimum absolute atomic E-state index is 0.147. The summed E-state index contributed by atoms with van der Waals surface area (Å²) in [5.41, 5.74) is 4.86. The van der Waals surface area contributed by atoms with E-state index in [1.807, 2.05) is 20.8 Å². The van der Waals surface area contributed by atoms with Crippen LogP contribution in [0.4, 0.5) is 0 Å². The maximum atomic E-state index is 11.7. The smallest absolute Gasteiger partial charge is 0.311 e. The molecule has 4 N–H and O–H groups in total. The molecule has 106 valence electrons. The highest BCUT2D eigenvalue weighted by Gasteiger charge is 2.35. The van der Waals surface area contributed by atoms with E-state index in [1.54, 1.807) is 0 Å². The molecule has 0 fully saturated rings. The first-order chi connectivity index (χ1) is 8.43. The van der Waals surface area contributed by atoms with Crippen molar-refractivity contribution in [1.82, 2.24) is 5.32 Å². The van der Waals surface area contributed by atoms with Crippen LogP contribution in [-0.2, 0) is 9.59 Å². The van der Waals surface area contributed by atoms with Gasteiger partial charge in [0.1, 0.15) is 0 Å². The van der Waals surface area contributed by atoms with E-state index in [0.29, 0.717) is 19.3 Å². The summed E-state index contributed by atoms with van der Waals surface area (Å²) >= 11 is 0. The van der Waals surface area contributed by atoms with Crippen LogP contribution in [0.2, 0.25) is 0 Å². The Morgan fingerprint density at radius 3 is 2.22 bits per heavy atom. The maximum absolute atomic E-state index is 11.7. The van der Waals surface area contributed by atoms with Crippen LogP contribution in [0.1, 0.15) is 52.9 Å². The van der Waals surface area contributed by atoms with Crippen LogP contribution < -0.4 is 11.1 Å². The van der Waals surface area contributed by atoms with Crippen molar-refractivity contribution in [3.8, 4) is 0 Å². The molecule has 0 rings (SSSR count). The zero-order chi connectivity index (χ0) is 14.2. The van der Waals surface area contributed by atoms with Crippen molar-refractivity contribution in [3.05, 3.63) is 0 Å². The van der Waals surface area contributed by atoms with E-state index in [9.17, 15) is 14.7 Å². The molecule has 0 heterocycles. The SMILES string of the molecule is CCCC[C@H](N)C(=O)NCC(CC)(CC)C(=O)O. The van der Waals surface area contributed by atoms with Gasteiger partial charge in [-0.25, -0.2) is 0 Å². The van der Waals surface area contributed by atoms with Crippen molar-refractivity contribution in [2.45, 2.75) is 58.9 Å². The van der Waals surface area contributed by atoms with Gasteiger partial charge in [0.2, 0.25) is 5.91 Å². The third-order valence-corrected chi connectivity index (χ3v) is 3.61. The van der Waals surface area contributed by atoms with E-state index in [1.165, 1.54) is 0 Å². The van der Waals surface area contributed by atoms with Gasteiger partial charge in [0, 0.05) is 6.54 Å². The zero-order valence-electron chi connectivity index (χ0n) is 11.7. The van der Waals surface area contributed by atoms with E-state index >= 15 is 0 Å². The first kappa shape index (κ1) is 16.9. The van der Waals surface area contributed by atoms with Crippen LogP contribution in [-0.4, -0.2) is 29.6 Å². The Morgan fingerprint density at radius 2 is 1.83 bits per heavy atom. The average molecular weight is 258 g/mol. The molecule has 0 unspecified atom stereocenters. The molecule has 0 aromatic rings. The summed E-state index contributed by atoms with van der Waals surface area (Å²) in [5.74, 6) is -1.12. The first-order valence-electron chi connectivity index (χ1n) is 6.70. The highest BCUT2D eigenvalue weighted by Crippen LogP contribution is 2.25. The van der Waals surface area contributed by atoms with Crippen molar-refractivity contribution in [1.29, 1.82) is 0 Å². The summed E-state index contributed by atoms with van der Waals surface area (Å²) in [6.45, 7) is 5.82. The molecular weight excluding hydrogens is 232 g/mol. The van der Waals surface area contributed by atoms with Gasteiger partial charge >= 0.3 is 5.97 Å². The highest BCUT2D eigenvalue weighted by atomic mass is 16.4. The van der Waals surface area contributed by atoms with Gasteiger partial charge < -0.3 is 16.2 Å². The van der Waals surface area contributed by atoms with E-state index in [2.05, 4.69) is 5.32 Å². The minimum Gasteiger partial charge on any atom is -0.481 e. The second kappa shape index (κ2) is 8.08. The first-order valence-corrected chi connectivity index (χ1v) is 6.70. The van der Waals surface area contributed by atoms with Crippen LogP contribution in [0, 0.1) is 5.41 Å². The van der Waals surface area contributed by atoms with Gasteiger partial charge in [0.25, 0.3) is 0 Å². The lowest BCUT2D eigenvalue weighted by Gasteiger charge is -2.27. The molecule has 1 amide bonds. The fraction of sp³-hybridized carbons (Fsp3) is 0.846. The number of unbranched alkanes of at least 4 members (excludes halogenated alkanes) is 1. The van der Waals surface area contributed by atoms with Gasteiger partial charge in [0.05, 0.1) is 11.5 Å². The Labute approximate surface area is 109 Å². The largest absolute Gasteiger partial charge is 0.481 e. The quantitative estimate of drug-likeness (QED) is 0.584. The van der Waals surface area contributed by atoms with E-state index in [-0.39, 0.29) is 12.5 Å². The van der Waals surface area contributed by atoms with E-state index < -0.39 is 17.4 Å². The van der Waals surface area contributed by atoms with Crippen LogP contribution in [0.15, 0.2) is 0 Å². The predicted molar refractivity (Wildman–Crippen MR) is 71.2 cm³/mol. The summed E-state index contributed by atoms with van der Waals surface area (Å²) in [6.07, 6.45) is 3.51. The molecular formula is C13H26N2O3. The molecule has 0 bridgehead atoms. The molecule has 0 aromatic heterocycles. The molecule has 0 saturated carbocycles. The number of amides is 1. The van der Waals surface area contributed by atoms with Crippen LogP contribution in [0.25, 0.3) is 0 Å². The molecule has 18 heavy (non-hydrogen) atoms. The fourth-order valence-corrected chi connectivity index (χ4v) is 1.82. The Hall–Kier alpha value is -1.10. The molecule has 0 aromatic carbocycles. The third kappa shape index (κ3) is 4.64. The van der Waals surface area contributed by atoms with Gasteiger partial charge in [-0.2, -0.15) is 0 Å². The molecule has 0 aliphatic rings. The molecule has 0 radical (unpaired) electrons. The number of hydrogen-bond acceptors (Lipinski definition) is 3. The van der Waals surface area contributed by atoms with Gasteiger partial charge in [0.15, 0.2) is 0 Å². The highest BCUT2D eigenvalue weighted by molar-refractivity contribution is 5.82. The molecule has 0 spiro atoms. The summed E-state index contributed by atoms with van der Waals surface area (Å²) in [7, 11) is 0. The molecule has 0 aliphatic carbocycles. The Bertz CT molecular complexity index is 275. The number of carboxylic acid groups (broad SMARTS) is 1. The molecule has 5 heteroatoms. The van der Waals surface area contributed by atoms with E-state index in [0.717, 1.165) is 12.8 Å². The van der Waals surface area contributed by atoms with Crippen molar-refractivity contribution >= 4 is 11.9 Å².